The van der Waals surface area contributed by atoms with Gasteiger partial charge in [0, 0.05) is 0 Å². The fraction of sp³-hybridized carbons (Fsp3) is 0.385. The van der Waals surface area contributed by atoms with Gasteiger partial charge in [0.2, 0.25) is 0 Å². The molecule has 1 aliphatic rings. The highest BCUT2D eigenvalue weighted by molar-refractivity contribution is 9.11. The van der Waals surface area contributed by atoms with Gasteiger partial charge in [-0.05, 0) is 35.4 Å². The van der Waals surface area contributed by atoms with Crippen molar-refractivity contribution in [3.05, 3.63) is 46.5 Å². The van der Waals surface area contributed by atoms with E-state index in [1.807, 2.05) is 18.2 Å². The van der Waals surface area contributed by atoms with Crippen molar-refractivity contribution in [3.63, 3.8) is 0 Å². The number of hydrogen-bond acceptors (Lipinski definition) is 1. The Bertz CT molecular complexity index is 332. The Hall–Kier alpha value is -0.600. The van der Waals surface area contributed by atoms with Gasteiger partial charge in [-0.15, -0.1) is 0 Å². The summed E-state index contributed by atoms with van der Waals surface area (Å²) in [6.45, 7) is 0.711. The van der Waals surface area contributed by atoms with Gasteiger partial charge in [0.05, 0.1) is 12.7 Å². The highest BCUT2D eigenvalue weighted by Gasteiger charge is 2.12. The molecule has 1 aromatic carbocycles. The first-order chi connectivity index (χ1) is 7.34. The van der Waals surface area contributed by atoms with E-state index in [1.165, 1.54) is 16.5 Å². The number of ether oxygens (including phenoxy) is 1. The highest BCUT2D eigenvalue weighted by atomic mass is 79.9. The predicted octanol–water partition coefficient (Wildman–Crippen LogP) is 4.03. The minimum absolute atomic E-state index is 0.285. The molecule has 1 atom stereocenters. The topological polar surface area (TPSA) is 9.23 Å². The summed E-state index contributed by atoms with van der Waals surface area (Å²) in [5, 5.41) is 0. The van der Waals surface area contributed by atoms with E-state index in [2.05, 4.69) is 34.1 Å². The molecule has 0 N–H and O–H groups in total. The molecular formula is C13H15BrO. The zero-order chi connectivity index (χ0) is 10.5. The normalized spacial score (nSPS) is 21.1. The van der Waals surface area contributed by atoms with Crippen molar-refractivity contribution in [2.75, 3.05) is 0 Å². The molecule has 0 saturated heterocycles. The maximum absolute atomic E-state index is 5.83. The van der Waals surface area contributed by atoms with Crippen LogP contribution < -0.4 is 0 Å². The van der Waals surface area contributed by atoms with Crippen LogP contribution in [-0.4, -0.2) is 6.10 Å². The molecular weight excluding hydrogens is 252 g/mol. The largest absolute Gasteiger partial charge is 0.369 e. The van der Waals surface area contributed by atoms with Crippen molar-refractivity contribution in [2.24, 2.45) is 0 Å². The average molecular weight is 267 g/mol. The van der Waals surface area contributed by atoms with Crippen molar-refractivity contribution in [1.82, 2.24) is 0 Å². The van der Waals surface area contributed by atoms with E-state index in [0.29, 0.717) is 6.61 Å². The summed E-state index contributed by atoms with van der Waals surface area (Å²) in [4.78, 5) is 0. The van der Waals surface area contributed by atoms with Crippen LogP contribution in [0.3, 0.4) is 0 Å². The molecule has 0 aromatic heterocycles. The molecule has 0 unspecified atom stereocenters. The fourth-order valence-electron chi connectivity index (χ4n) is 1.75. The molecule has 0 aliphatic heterocycles. The standard InChI is InChI=1S/C13H15BrO/c14-12-7-4-8-13(9-12)15-10-11-5-2-1-3-6-11/h1-3,5-6,9,13H,4,7-8,10H2/t13-/m1/s1. The zero-order valence-corrected chi connectivity index (χ0v) is 10.2. The van der Waals surface area contributed by atoms with Crippen molar-refractivity contribution in [1.29, 1.82) is 0 Å². The Morgan fingerprint density at radius 2 is 2.07 bits per heavy atom. The molecule has 0 spiro atoms. The predicted molar refractivity (Wildman–Crippen MR) is 65.9 cm³/mol. The molecule has 1 aliphatic carbocycles. The molecule has 2 rings (SSSR count). The van der Waals surface area contributed by atoms with Crippen LogP contribution in [0.25, 0.3) is 0 Å². The third-order valence-corrected chi connectivity index (χ3v) is 3.24. The van der Waals surface area contributed by atoms with Crippen LogP contribution in [0.15, 0.2) is 40.9 Å². The minimum atomic E-state index is 0.285. The molecule has 0 saturated carbocycles. The van der Waals surface area contributed by atoms with Crippen molar-refractivity contribution >= 4 is 15.9 Å². The zero-order valence-electron chi connectivity index (χ0n) is 8.66. The Labute approximate surface area is 99.3 Å². The summed E-state index contributed by atoms with van der Waals surface area (Å²) in [5.41, 5.74) is 1.24. The van der Waals surface area contributed by atoms with E-state index in [1.54, 1.807) is 0 Å². The lowest BCUT2D eigenvalue weighted by molar-refractivity contribution is 0.0623. The first kappa shape index (κ1) is 10.9. The second-order valence-electron chi connectivity index (χ2n) is 3.84. The highest BCUT2D eigenvalue weighted by Crippen LogP contribution is 2.24. The van der Waals surface area contributed by atoms with E-state index in [4.69, 9.17) is 4.74 Å². The van der Waals surface area contributed by atoms with Gasteiger partial charge < -0.3 is 4.74 Å². The molecule has 15 heavy (non-hydrogen) atoms. The number of rotatable bonds is 3. The minimum Gasteiger partial charge on any atom is -0.369 e. The molecule has 0 amide bonds. The lowest BCUT2D eigenvalue weighted by Crippen LogP contribution is -2.13. The van der Waals surface area contributed by atoms with Gasteiger partial charge in [-0.25, -0.2) is 0 Å². The van der Waals surface area contributed by atoms with E-state index in [0.717, 1.165) is 12.8 Å². The molecule has 1 aromatic rings. The second kappa shape index (κ2) is 5.47. The van der Waals surface area contributed by atoms with Gasteiger partial charge in [0.25, 0.3) is 0 Å². The molecule has 2 heteroatoms. The summed E-state index contributed by atoms with van der Waals surface area (Å²) in [5.74, 6) is 0. The SMILES string of the molecule is BrC1=C[C@H](OCc2ccccc2)CCC1. The van der Waals surface area contributed by atoms with Crippen LogP contribution in [0.5, 0.6) is 0 Å². The Morgan fingerprint density at radius 1 is 1.27 bits per heavy atom. The third kappa shape index (κ3) is 3.47. The van der Waals surface area contributed by atoms with Crippen LogP contribution in [-0.2, 0) is 11.3 Å². The van der Waals surface area contributed by atoms with Gasteiger partial charge in [-0.1, -0.05) is 46.3 Å². The summed E-state index contributed by atoms with van der Waals surface area (Å²) < 4.78 is 7.12. The van der Waals surface area contributed by atoms with Crippen LogP contribution >= 0.6 is 15.9 Å². The van der Waals surface area contributed by atoms with Crippen LogP contribution in [0, 0.1) is 0 Å². The van der Waals surface area contributed by atoms with Gasteiger partial charge in [-0.3, -0.25) is 0 Å². The number of halogens is 1. The molecule has 1 nitrogen and oxygen atoms in total. The molecule has 80 valence electrons. The Morgan fingerprint density at radius 3 is 2.80 bits per heavy atom. The van der Waals surface area contributed by atoms with Gasteiger partial charge in [-0.2, -0.15) is 0 Å². The second-order valence-corrected chi connectivity index (χ2v) is 4.86. The van der Waals surface area contributed by atoms with Crippen LogP contribution in [0.1, 0.15) is 24.8 Å². The monoisotopic (exact) mass is 266 g/mol. The van der Waals surface area contributed by atoms with E-state index >= 15 is 0 Å². The van der Waals surface area contributed by atoms with Crippen molar-refractivity contribution < 1.29 is 4.74 Å². The fourth-order valence-corrected chi connectivity index (χ4v) is 2.32. The molecule has 0 bridgehead atoms. The van der Waals surface area contributed by atoms with Crippen LogP contribution in [0.4, 0.5) is 0 Å². The maximum Gasteiger partial charge on any atom is 0.0771 e. The average Bonchev–Trinajstić information content (AvgIpc) is 2.28. The molecule has 0 fully saturated rings. The summed E-state index contributed by atoms with van der Waals surface area (Å²) in [6.07, 6.45) is 5.99. The quantitative estimate of drug-likeness (QED) is 0.803. The smallest absolute Gasteiger partial charge is 0.0771 e. The lowest BCUT2D eigenvalue weighted by atomic mass is 10.1. The number of hydrogen-bond donors (Lipinski definition) is 0. The van der Waals surface area contributed by atoms with Gasteiger partial charge >= 0.3 is 0 Å². The van der Waals surface area contributed by atoms with E-state index in [-0.39, 0.29) is 6.10 Å². The number of allylic oxidation sites excluding steroid dienone is 1. The number of benzene rings is 1. The van der Waals surface area contributed by atoms with Gasteiger partial charge in [0.1, 0.15) is 0 Å². The molecule has 0 radical (unpaired) electrons. The van der Waals surface area contributed by atoms with Gasteiger partial charge in [0.15, 0.2) is 0 Å². The molecule has 0 heterocycles. The van der Waals surface area contributed by atoms with E-state index in [9.17, 15) is 0 Å². The first-order valence-electron chi connectivity index (χ1n) is 5.36. The van der Waals surface area contributed by atoms with Crippen molar-refractivity contribution in [3.8, 4) is 0 Å². The third-order valence-electron chi connectivity index (χ3n) is 2.58. The summed E-state index contributed by atoms with van der Waals surface area (Å²) in [6, 6.07) is 10.3. The summed E-state index contributed by atoms with van der Waals surface area (Å²) in [7, 11) is 0. The first-order valence-corrected chi connectivity index (χ1v) is 6.15. The Kier molecular flexibility index (Phi) is 3.98. The summed E-state index contributed by atoms with van der Waals surface area (Å²) >= 11 is 3.54. The van der Waals surface area contributed by atoms with Crippen molar-refractivity contribution in [2.45, 2.75) is 32.0 Å². The maximum atomic E-state index is 5.83. The lowest BCUT2D eigenvalue weighted by Gasteiger charge is -2.19. The Balaban J connectivity index is 1.86. The van der Waals surface area contributed by atoms with E-state index < -0.39 is 0 Å². The van der Waals surface area contributed by atoms with Crippen LogP contribution in [0.2, 0.25) is 0 Å².